The molecule has 0 unspecified atom stereocenters. The number of fused-ring (bicyclic) bond motifs is 2. The monoisotopic (exact) mass is 298 g/mol. The zero-order chi connectivity index (χ0) is 15.6. The number of nitrogens with one attached hydrogen (secondary N) is 1. The molecule has 1 aromatic heterocycles. The Bertz CT molecular complexity index is 1090. The molecule has 4 aromatic rings. The highest BCUT2D eigenvalue weighted by Crippen LogP contribution is 2.20. The lowest BCUT2D eigenvalue weighted by Gasteiger charge is -2.02. The molecular weight excluding hydrogens is 284 g/mol. The van der Waals surface area contributed by atoms with Gasteiger partial charge in [0.25, 0.3) is 5.56 Å². The minimum Gasteiger partial charge on any atom is -0.306 e. The summed E-state index contributed by atoms with van der Waals surface area (Å²) < 4.78 is 0. The number of benzene rings is 3. The van der Waals surface area contributed by atoms with Crippen LogP contribution in [0.5, 0.6) is 0 Å². The van der Waals surface area contributed by atoms with E-state index in [9.17, 15) is 4.79 Å². The molecular formula is C20H14N2O. The van der Waals surface area contributed by atoms with E-state index in [-0.39, 0.29) is 5.56 Å². The quantitative estimate of drug-likeness (QED) is 0.601. The largest absolute Gasteiger partial charge is 0.306 e. The fraction of sp³-hybridized carbons (Fsp3) is 0. The molecule has 23 heavy (non-hydrogen) atoms. The number of rotatable bonds is 2. The van der Waals surface area contributed by atoms with Crippen LogP contribution in [-0.4, -0.2) is 9.97 Å². The van der Waals surface area contributed by atoms with Gasteiger partial charge in [-0.05, 0) is 34.5 Å². The van der Waals surface area contributed by atoms with Crippen molar-refractivity contribution < 1.29 is 0 Å². The van der Waals surface area contributed by atoms with Crippen molar-refractivity contribution in [2.24, 2.45) is 0 Å². The second-order valence-electron chi connectivity index (χ2n) is 5.37. The van der Waals surface area contributed by atoms with Crippen LogP contribution in [0.1, 0.15) is 11.4 Å². The highest BCUT2D eigenvalue weighted by molar-refractivity contribution is 5.92. The number of aromatic nitrogens is 2. The third-order valence-corrected chi connectivity index (χ3v) is 3.88. The fourth-order valence-corrected chi connectivity index (χ4v) is 2.75. The lowest BCUT2D eigenvalue weighted by molar-refractivity contribution is 1.14. The van der Waals surface area contributed by atoms with E-state index < -0.39 is 0 Å². The van der Waals surface area contributed by atoms with Crippen LogP contribution in [0.3, 0.4) is 0 Å². The van der Waals surface area contributed by atoms with Crippen molar-refractivity contribution >= 4 is 33.8 Å². The molecule has 0 saturated carbocycles. The molecule has 1 N–H and O–H groups in total. The van der Waals surface area contributed by atoms with Crippen LogP contribution in [0.2, 0.25) is 0 Å². The van der Waals surface area contributed by atoms with Crippen molar-refractivity contribution in [1.82, 2.24) is 9.97 Å². The van der Waals surface area contributed by atoms with Crippen molar-refractivity contribution in [3.8, 4) is 0 Å². The smallest absolute Gasteiger partial charge is 0.259 e. The number of para-hydroxylation sites is 1. The summed E-state index contributed by atoms with van der Waals surface area (Å²) in [5.41, 5.74) is 1.68. The SMILES string of the molecule is O=c1[nH]c(/C=C\c2cccc3ccccc23)nc2ccccc12. The van der Waals surface area contributed by atoms with Crippen molar-refractivity contribution in [3.63, 3.8) is 0 Å². The summed E-state index contributed by atoms with van der Waals surface area (Å²) in [6, 6.07) is 21.7. The van der Waals surface area contributed by atoms with Gasteiger partial charge in [0.15, 0.2) is 0 Å². The van der Waals surface area contributed by atoms with E-state index in [0.29, 0.717) is 16.7 Å². The van der Waals surface area contributed by atoms with E-state index in [1.165, 1.54) is 10.8 Å². The van der Waals surface area contributed by atoms with Crippen LogP contribution in [0.4, 0.5) is 0 Å². The maximum atomic E-state index is 12.1. The Morgan fingerprint density at radius 2 is 1.52 bits per heavy atom. The zero-order valence-corrected chi connectivity index (χ0v) is 12.4. The standard InChI is InChI=1S/C20H14N2O/c23-20-17-10-3-4-11-18(17)21-19(22-20)13-12-15-8-5-7-14-6-1-2-9-16(14)15/h1-13H,(H,21,22,23)/b13-12-. The Labute approximate surface area is 132 Å². The van der Waals surface area contributed by atoms with Crippen molar-refractivity contribution in [1.29, 1.82) is 0 Å². The molecule has 0 aliphatic heterocycles. The van der Waals surface area contributed by atoms with Crippen LogP contribution in [0.25, 0.3) is 33.8 Å². The average Bonchev–Trinajstić information content (AvgIpc) is 2.60. The number of hydrogen-bond acceptors (Lipinski definition) is 2. The summed E-state index contributed by atoms with van der Waals surface area (Å²) in [4.78, 5) is 19.4. The van der Waals surface area contributed by atoms with E-state index >= 15 is 0 Å². The Balaban J connectivity index is 1.80. The third kappa shape index (κ3) is 2.53. The number of nitrogens with zero attached hydrogens (tertiary/aromatic N) is 1. The first-order valence-corrected chi connectivity index (χ1v) is 7.46. The van der Waals surface area contributed by atoms with Crippen LogP contribution >= 0.6 is 0 Å². The van der Waals surface area contributed by atoms with Gasteiger partial charge < -0.3 is 4.98 Å². The minimum atomic E-state index is -0.117. The van der Waals surface area contributed by atoms with Crippen molar-refractivity contribution in [3.05, 3.63) is 88.5 Å². The molecule has 0 aliphatic rings. The van der Waals surface area contributed by atoms with Gasteiger partial charge in [-0.1, -0.05) is 60.7 Å². The maximum absolute atomic E-state index is 12.1. The van der Waals surface area contributed by atoms with Crippen LogP contribution in [0.15, 0.2) is 71.5 Å². The van der Waals surface area contributed by atoms with Gasteiger partial charge in [0.05, 0.1) is 10.9 Å². The van der Waals surface area contributed by atoms with Gasteiger partial charge in [0.2, 0.25) is 0 Å². The topological polar surface area (TPSA) is 45.8 Å². The molecule has 3 heteroatoms. The molecule has 0 amide bonds. The molecule has 110 valence electrons. The third-order valence-electron chi connectivity index (χ3n) is 3.88. The summed E-state index contributed by atoms with van der Waals surface area (Å²) in [6.45, 7) is 0. The molecule has 0 saturated heterocycles. The highest BCUT2D eigenvalue weighted by Gasteiger charge is 2.01. The van der Waals surface area contributed by atoms with E-state index in [2.05, 4.69) is 34.2 Å². The van der Waals surface area contributed by atoms with Gasteiger partial charge in [0, 0.05) is 0 Å². The van der Waals surface area contributed by atoms with E-state index in [1.807, 2.05) is 48.6 Å². The molecule has 3 nitrogen and oxygen atoms in total. The van der Waals surface area contributed by atoms with Crippen LogP contribution < -0.4 is 5.56 Å². The van der Waals surface area contributed by atoms with Gasteiger partial charge in [-0.25, -0.2) is 4.98 Å². The first-order valence-electron chi connectivity index (χ1n) is 7.46. The first kappa shape index (κ1) is 13.5. The normalized spacial score (nSPS) is 11.5. The molecule has 0 atom stereocenters. The second kappa shape index (κ2) is 5.54. The molecule has 0 radical (unpaired) electrons. The summed E-state index contributed by atoms with van der Waals surface area (Å²) in [5, 5.41) is 2.97. The van der Waals surface area contributed by atoms with E-state index in [4.69, 9.17) is 0 Å². The van der Waals surface area contributed by atoms with Crippen LogP contribution in [0, 0.1) is 0 Å². The van der Waals surface area contributed by atoms with Gasteiger partial charge in [-0.2, -0.15) is 0 Å². The summed E-state index contributed by atoms with van der Waals surface area (Å²) in [5.74, 6) is 0.557. The minimum absolute atomic E-state index is 0.117. The Hall–Kier alpha value is -3.20. The summed E-state index contributed by atoms with van der Waals surface area (Å²) in [7, 11) is 0. The molecule has 0 fully saturated rings. The fourth-order valence-electron chi connectivity index (χ4n) is 2.75. The summed E-state index contributed by atoms with van der Waals surface area (Å²) >= 11 is 0. The number of H-pyrrole nitrogens is 1. The number of hydrogen-bond donors (Lipinski definition) is 1. The molecule has 1 heterocycles. The van der Waals surface area contributed by atoms with Crippen molar-refractivity contribution in [2.45, 2.75) is 0 Å². The van der Waals surface area contributed by atoms with Gasteiger partial charge in [0.1, 0.15) is 5.82 Å². The lowest BCUT2D eigenvalue weighted by atomic mass is 10.0. The van der Waals surface area contributed by atoms with Crippen molar-refractivity contribution in [2.75, 3.05) is 0 Å². The maximum Gasteiger partial charge on any atom is 0.259 e. The molecule has 0 aliphatic carbocycles. The van der Waals surface area contributed by atoms with E-state index in [0.717, 1.165) is 5.56 Å². The molecule has 0 bridgehead atoms. The van der Waals surface area contributed by atoms with Gasteiger partial charge in [-0.15, -0.1) is 0 Å². The first-order chi connectivity index (χ1) is 11.3. The molecule has 0 spiro atoms. The van der Waals surface area contributed by atoms with Gasteiger partial charge in [-0.3, -0.25) is 4.79 Å². The van der Waals surface area contributed by atoms with E-state index in [1.54, 1.807) is 6.07 Å². The number of aromatic amines is 1. The Morgan fingerprint density at radius 3 is 2.43 bits per heavy atom. The zero-order valence-electron chi connectivity index (χ0n) is 12.4. The summed E-state index contributed by atoms with van der Waals surface area (Å²) in [6.07, 6.45) is 3.82. The predicted molar refractivity (Wildman–Crippen MR) is 95.2 cm³/mol. The molecule has 3 aromatic carbocycles. The second-order valence-corrected chi connectivity index (χ2v) is 5.37. The molecule has 4 rings (SSSR count). The van der Waals surface area contributed by atoms with Crippen LogP contribution in [-0.2, 0) is 0 Å². The highest BCUT2D eigenvalue weighted by atomic mass is 16.1. The Morgan fingerprint density at radius 1 is 0.783 bits per heavy atom. The predicted octanol–water partition coefficient (Wildman–Crippen LogP) is 4.25. The average molecular weight is 298 g/mol. The Kier molecular flexibility index (Phi) is 3.24. The van der Waals surface area contributed by atoms with Gasteiger partial charge >= 0.3 is 0 Å². The lowest BCUT2D eigenvalue weighted by Crippen LogP contribution is -2.09.